The van der Waals surface area contributed by atoms with Gasteiger partial charge in [-0.1, -0.05) is 29.3 Å². The average Bonchev–Trinajstić information content (AvgIpc) is 2.72. The Morgan fingerprint density at radius 3 is 2.65 bits per heavy atom. The van der Waals surface area contributed by atoms with E-state index in [2.05, 4.69) is 5.32 Å². The summed E-state index contributed by atoms with van der Waals surface area (Å²) < 4.78 is 0.595. The zero-order chi connectivity index (χ0) is 12.4. The summed E-state index contributed by atoms with van der Waals surface area (Å²) in [5, 5.41) is 3.44. The third-order valence-corrected chi connectivity index (χ3v) is 3.95. The van der Waals surface area contributed by atoms with Crippen molar-refractivity contribution in [3.05, 3.63) is 50.1 Å². The van der Waals surface area contributed by atoms with E-state index < -0.39 is 0 Å². The Hall–Kier alpha value is -1.03. The van der Waals surface area contributed by atoms with Crippen LogP contribution in [0.15, 0.2) is 30.3 Å². The number of rotatable bonds is 2. The molecule has 1 N–H and O–H groups in total. The first-order valence-electron chi connectivity index (χ1n) is 4.90. The van der Waals surface area contributed by atoms with Gasteiger partial charge in [-0.25, -0.2) is 0 Å². The van der Waals surface area contributed by atoms with Gasteiger partial charge in [-0.2, -0.15) is 0 Å². The highest BCUT2D eigenvalue weighted by molar-refractivity contribution is 7.18. The zero-order valence-electron chi connectivity index (χ0n) is 8.96. The van der Waals surface area contributed by atoms with E-state index in [-0.39, 0.29) is 5.91 Å². The van der Waals surface area contributed by atoms with Crippen LogP contribution in [0.2, 0.25) is 9.36 Å². The van der Waals surface area contributed by atoms with Crippen LogP contribution >= 0.6 is 34.5 Å². The maximum atomic E-state index is 11.9. The Labute approximate surface area is 113 Å². The Morgan fingerprint density at radius 2 is 2.00 bits per heavy atom. The summed E-state index contributed by atoms with van der Waals surface area (Å²) in [5.41, 5.74) is 1.57. The Kier molecular flexibility index (Phi) is 3.72. The first-order valence-corrected chi connectivity index (χ1v) is 6.47. The Morgan fingerprint density at radius 1 is 1.24 bits per heavy atom. The number of benzene rings is 1. The summed E-state index contributed by atoms with van der Waals surface area (Å²) in [6, 6.07) is 8.80. The standard InChI is InChI=1S/C12H9Cl2NOS/c1-7-8(13)3-2-4-9(7)15-12(16)10-5-6-11(14)17-10/h2-6H,1H3,(H,15,16). The molecule has 2 rings (SSSR count). The van der Waals surface area contributed by atoms with Crippen molar-refractivity contribution in [2.75, 3.05) is 5.32 Å². The van der Waals surface area contributed by atoms with Crippen molar-refractivity contribution < 1.29 is 4.79 Å². The van der Waals surface area contributed by atoms with E-state index >= 15 is 0 Å². The normalized spacial score (nSPS) is 10.3. The van der Waals surface area contributed by atoms with Gasteiger partial charge in [-0.15, -0.1) is 11.3 Å². The summed E-state index contributed by atoms with van der Waals surface area (Å²) in [5.74, 6) is -0.174. The van der Waals surface area contributed by atoms with E-state index in [1.165, 1.54) is 11.3 Å². The largest absolute Gasteiger partial charge is 0.321 e. The van der Waals surface area contributed by atoms with Crippen LogP contribution in [0, 0.1) is 6.92 Å². The van der Waals surface area contributed by atoms with Gasteiger partial charge in [0.2, 0.25) is 0 Å². The lowest BCUT2D eigenvalue weighted by Gasteiger charge is -2.08. The highest BCUT2D eigenvalue weighted by Gasteiger charge is 2.10. The predicted molar refractivity (Wildman–Crippen MR) is 73.5 cm³/mol. The summed E-state index contributed by atoms with van der Waals surface area (Å²) in [6.45, 7) is 1.86. The number of halogens is 2. The second-order valence-corrected chi connectivity index (χ2v) is 5.59. The predicted octanol–water partition coefficient (Wildman–Crippen LogP) is 4.62. The lowest BCUT2D eigenvalue weighted by atomic mass is 10.2. The fourth-order valence-electron chi connectivity index (χ4n) is 1.36. The molecule has 2 aromatic rings. The molecule has 0 radical (unpaired) electrons. The molecule has 0 saturated heterocycles. The molecule has 0 aliphatic heterocycles. The molecular formula is C12H9Cl2NOS. The van der Waals surface area contributed by atoms with Crippen molar-refractivity contribution in [2.45, 2.75) is 6.92 Å². The van der Waals surface area contributed by atoms with Gasteiger partial charge in [0.25, 0.3) is 5.91 Å². The molecule has 1 amide bonds. The van der Waals surface area contributed by atoms with Gasteiger partial charge in [0.1, 0.15) is 0 Å². The minimum Gasteiger partial charge on any atom is -0.321 e. The highest BCUT2D eigenvalue weighted by Crippen LogP contribution is 2.25. The molecule has 0 bridgehead atoms. The molecule has 17 heavy (non-hydrogen) atoms. The number of amides is 1. The summed E-state index contributed by atoms with van der Waals surface area (Å²) in [4.78, 5) is 12.5. The second-order valence-electron chi connectivity index (χ2n) is 3.47. The zero-order valence-corrected chi connectivity index (χ0v) is 11.3. The van der Waals surface area contributed by atoms with Crippen molar-refractivity contribution in [1.29, 1.82) is 0 Å². The Bertz CT molecular complexity index is 565. The minimum atomic E-state index is -0.174. The van der Waals surface area contributed by atoms with E-state index in [0.29, 0.717) is 19.9 Å². The van der Waals surface area contributed by atoms with Crippen molar-refractivity contribution in [1.82, 2.24) is 0 Å². The van der Waals surface area contributed by atoms with Crippen LogP contribution in [0.4, 0.5) is 5.69 Å². The maximum Gasteiger partial charge on any atom is 0.265 e. The van der Waals surface area contributed by atoms with Crippen molar-refractivity contribution in [3.63, 3.8) is 0 Å². The van der Waals surface area contributed by atoms with E-state index in [1.54, 1.807) is 24.3 Å². The van der Waals surface area contributed by atoms with Gasteiger partial charge in [0.05, 0.1) is 9.21 Å². The number of carbonyl (C=O) groups excluding carboxylic acids is 1. The third-order valence-electron chi connectivity index (χ3n) is 2.31. The molecule has 0 saturated carbocycles. The second kappa shape index (κ2) is 5.08. The molecule has 1 aromatic carbocycles. The number of carbonyl (C=O) groups is 1. The monoisotopic (exact) mass is 285 g/mol. The molecule has 88 valence electrons. The highest BCUT2D eigenvalue weighted by atomic mass is 35.5. The molecule has 0 fully saturated rings. The van der Waals surface area contributed by atoms with Crippen LogP contribution in [0.3, 0.4) is 0 Å². The molecule has 5 heteroatoms. The molecule has 0 spiro atoms. The number of hydrogen-bond donors (Lipinski definition) is 1. The number of nitrogens with one attached hydrogen (secondary N) is 1. The Balaban J connectivity index is 2.21. The molecule has 2 nitrogen and oxygen atoms in total. The van der Waals surface area contributed by atoms with Crippen molar-refractivity contribution in [3.8, 4) is 0 Å². The average molecular weight is 286 g/mol. The topological polar surface area (TPSA) is 29.1 Å². The van der Waals surface area contributed by atoms with Gasteiger partial charge in [-0.3, -0.25) is 4.79 Å². The van der Waals surface area contributed by atoms with Crippen molar-refractivity contribution in [2.24, 2.45) is 0 Å². The van der Waals surface area contributed by atoms with Crippen LogP contribution in [0.25, 0.3) is 0 Å². The SMILES string of the molecule is Cc1c(Cl)cccc1NC(=O)c1ccc(Cl)s1. The minimum absolute atomic E-state index is 0.174. The van der Waals surface area contributed by atoms with Crippen LogP contribution < -0.4 is 5.32 Å². The van der Waals surface area contributed by atoms with Gasteiger partial charge < -0.3 is 5.32 Å². The first kappa shape index (κ1) is 12.4. The van der Waals surface area contributed by atoms with Crippen LogP contribution in [0.1, 0.15) is 15.2 Å². The molecule has 1 heterocycles. The van der Waals surface area contributed by atoms with Gasteiger partial charge in [0, 0.05) is 10.7 Å². The number of hydrogen-bond acceptors (Lipinski definition) is 2. The quantitative estimate of drug-likeness (QED) is 0.857. The molecule has 1 aromatic heterocycles. The van der Waals surface area contributed by atoms with Gasteiger partial charge in [0.15, 0.2) is 0 Å². The summed E-state index contributed by atoms with van der Waals surface area (Å²) >= 11 is 13.0. The summed E-state index contributed by atoms with van der Waals surface area (Å²) in [7, 11) is 0. The van der Waals surface area contributed by atoms with E-state index in [0.717, 1.165) is 5.56 Å². The summed E-state index contributed by atoms with van der Waals surface area (Å²) in [6.07, 6.45) is 0. The fourth-order valence-corrected chi connectivity index (χ4v) is 2.48. The van der Waals surface area contributed by atoms with Gasteiger partial charge in [-0.05, 0) is 36.8 Å². The van der Waals surface area contributed by atoms with Crippen molar-refractivity contribution >= 4 is 46.1 Å². The smallest absolute Gasteiger partial charge is 0.265 e. The molecular weight excluding hydrogens is 277 g/mol. The van der Waals surface area contributed by atoms with E-state index in [4.69, 9.17) is 23.2 Å². The molecule has 0 atom stereocenters. The fraction of sp³-hybridized carbons (Fsp3) is 0.0833. The third kappa shape index (κ3) is 2.80. The number of anilines is 1. The molecule has 0 aliphatic carbocycles. The van der Waals surface area contributed by atoms with E-state index in [9.17, 15) is 4.79 Å². The molecule has 0 aliphatic rings. The van der Waals surface area contributed by atoms with E-state index in [1.807, 2.05) is 13.0 Å². The van der Waals surface area contributed by atoms with Gasteiger partial charge >= 0.3 is 0 Å². The maximum absolute atomic E-state index is 11.9. The van der Waals surface area contributed by atoms with Crippen LogP contribution in [0.5, 0.6) is 0 Å². The first-order chi connectivity index (χ1) is 8.08. The van der Waals surface area contributed by atoms with Crippen LogP contribution in [-0.4, -0.2) is 5.91 Å². The molecule has 0 unspecified atom stereocenters. The lowest BCUT2D eigenvalue weighted by molar-refractivity contribution is 0.103. The van der Waals surface area contributed by atoms with Crippen LogP contribution in [-0.2, 0) is 0 Å². The lowest BCUT2D eigenvalue weighted by Crippen LogP contribution is -2.11. The number of thiophene rings is 1.